The van der Waals surface area contributed by atoms with Gasteiger partial charge in [-0.3, -0.25) is 78.8 Å². The highest BCUT2D eigenvalue weighted by Crippen LogP contribution is 2.48. The normalized spacial score (nSPS) is 23.5. The van der Waals surface area contributed by atoms with Gasteiger partial charge in [-0.15, -0.1) is 12.4 Å². The average molecular weight is 2090 g/mol. The summed E-state index contributed by atoms with van der Waals surface area (Å²) in [7, 11) is -6.24. The molecule has 0 radical (unpaired) electrons. The summed E-state index contributed by atoms with van der Waals surface area (Å²) in [5.74, 6) is -3.01. The fourth-order valence-electron chi connectivity index (χ4n) is 20.3. The number of piperidine rings is 6. The van der Waals surface area contributed by atoms with Gasteiger partial charge in [-0.1, -0.05) is 134 Å². The van der Waals surface area contributed by atoms with E-state index in [4.69, 9.17) is 23.5 Å². The second-order valence-corrected chi connectivity index (χ2v) is 46.7. The summed E-state index contributed by atoms with van der Waals surface area (Å²) in [5, 5.41) is 12.8. The molecule has 808 valence electrons. The van der Waals surface area contributed by atoms with Crippen molar-refractivity contribution in [2.45, 2.75) is 335 Å². The lowest BCUT2D eigenvalue weighted by Gasteiger charge is -2.44. The zero-order valence-electron chi connectivity index (χ0n) is 85.2. The van der Waals surface area contributed by atoms with E-state index >= 15 is 0 Å². The molecule has 6 unspecified atom stereocenters. The van der Waals surface area contributed by atoms with Gasteiger partial charge in [0, 0.05) is 131 Å². The second-order valence-electron chi connectivity index (χ2n) is 45.2. The molecule has 147 heavy (non-hydrogen) atoms. The fraction of sp³-hybridized carbons (Fsp3) is 0.594. The fourth-order valence-corrected chi connectivity index (χ4v) is 20.9. The van der Waals surface area contributed by atoms with Gasteiger partial charge < -0.3 is 67.3 Å². The lowest BCUT2D eigenvalue weighted by Crippen LogP contribution is -2.52. The summed E-state index contributed by atoms with van der Waals surface area (Å²) in [6.07, 6.45) is 6.27. The van der Waals surface area contributed by atoms with Gasteiger partial charge in [0.2, 0.25) is 47.3 Å². The van der Waals surface area contributed by atoms with Crippen molar-refractivity contribution in [3.63, 3.8) is 0 Å². The van der Waals surface area contributed by atoms with Crippen molar-refractivity contribution in [2.24, 2.45) is 21.7 Å². The second kappa shape index (κ2) is 45.0. The van der Waals surface area contributed by atoms with E-state index in [9.17, 15) is 93.5 Å². The first-order valence-corrected chi connectivity index (χ1v) is 49.7. The molecule has 7 fully saturated rings. The summed E-state index contributed by atoms with van der Waals surface area (Å²) < 4.78 is 92.1. The summed E-state index contributed by atoms with van der Waals surface area (Å²) in [5.41, 5.74) is 1.85. The van der Waals surface area contributed by atoms with Gasteiger partial charge in [-0.2, -0.15) is 21.6 Å². The van der Waals surface area contributed by atoms with Crippen LogP contribution in [0.5, 0.6) is 0 Å². The van der Waals surface area contributed by atoms with Gasteiger partial charge in [0.15, 0.2) is 0 Å². The molecular weight excluding hydrogens is 1940 g/mol. The average Bonchev–Trinajstić information content (AvgIpc) is 1.62. The van der Waals surface area contributed by atoms with Crippen molar-refractivity contribution >= 4 is 130 Å². The van der Waals surface area contributed by atoms with Crippen LogP contribution < -0.4 is 32.0 Å². The number of rotatable bonds is 10. The first kappa shape index (κ1) is 121. The lowest BCUT2D eigenvalue weighted by atomic mass is 9.70. The summed E-state index contributed by atoms with van der Waals surface area (Å²) in [6, 6.07) is 21.0. The van der Waals surface area contributed by atoms with E-state index in [1.165, 1.54) is 24.3 Å². The van der Waals surface area contributed by atoms with E-state index in [-0.39, 0.29) is 174 Å². The van der Waals surface area contributed by atoms with Crippen LogP contribution in [0.4, 0.5) is 27.6 Å². The monoisotopic (exact) mass is 2090 g/mol. The quantitative estimate of drug-likeness (QED) is 0.0324. The Morgan fingerprint density at radius 3 is 1.11 bits per heavy atom. The van der Waals surface area contributed by atoms with Crippen LogP contribution in [-0.4, -0.2) is 249 Å². The first-order chi connectivity index (χ1) is 65.7. The molecule has 4 aromatic carbocycles. The summed E-state index contributed by atoms with van der Waals surface area (Å²) in [4.78, 5) is 194. The molecule has 41 heteroatoms. The highest BCUT2D eigenvalue weighted by atomic mass is 35.5. The molecule has 13 aliphatic rings. The SMILES string of the molecule is C.C.C.C.CC(C)(C)OC(=O)N1CC=C(OS(=O)(=O)C(F)(F)F)C(C)(C)C1.CC(C)(C)OC(=O)N1CC=C(c2ccc3c(c2)CN(C2CCC(=O)NC2=O)C3=O)C(C)(C)C1.CC(C)(C)OC(=O)N1CCC(c2ccc3c(c2)CN(C2CCC(=O)NC2=O)C3=O)C(C)(C)C1.CC1(C)CNCCC1c1ccc2c(c1)CN(C1CCC(=O)NC1=O)C2=O.CC1(C)OB(c2ccc3c(c2)CN(C2CCC(=O)NC2=O)C3=O)OC1(C)C.Cl. The predicted molar refractivity (Wildman–Crippen MR) is 548 cm³/mol. The van der Waals surface area contributed by atoms with Crippen LogP contribution in [-0.2, 0) is 102 Å². The van der Waals surface area contributed by atoms with Crippen LogP contribution in [0.25, 0.3) is 5.57 Å². The van der Waals surface area contributed by atoms with Crippen LogP contribution in [0.1, 0.15) is 332 Å². The van der Waals surface area contributed by atoms with Crippen LogP contribution >= 0.6 is 12.4 Å². The number of nitrogens with zero attached hydrogens (tertiary/aromatic N) is 7. The standard InChI is InChI=1S/C25H33N3O5.C25H31N3O5.C20H25N3O3.C19H23BN2O5.C13H20F3NO5S.4CH4.ClH/c2*1-24(2,3)33-23(32)27-11-10-18(25(4,5)14-27)15-6-7-17-16(12-15)13-28(22(17)31)19-8-9-20(29)26-21(19)30;1-20(2)11-21-8-7-15(20)12-3-4-14-13(9-12)10-23(19(14)26)16-5-6-17(24)22-18(16)25;1-18(2)19(3,4)27-20(26-18)12-5-6-13-11(9-12)10-22(17(13)25)14-7-8-15(23)21-16(14)24;1-11(2,3)21-10(18)17-7-6-9(12(4,5)8-17)22-23(19,20)13(14,15)16;;;;;/h6-7,12,18-19H,8-11,13-14H2,1-5H3,(H,26,29,30);6-7,10,12,19H,8-9,11,13-14H2,1-5H3,(H,26,29,30);3-4,9,15-16,21H,5-8,10-11H2,1-2H3,(H,22,24,25);5-6,9,14H,7-8,10H2,1-4H3,(H,21,23,24);6H,7-8H2,1-5H3;4*1H4;1H. The van der Waals surface area contributed by atoms with Crippen LogP contribution in [0.2, 0.25) is 0 Å². The minimum absolute atomic E-state index is 0. The van der Waals surface area contributed by atoms with Crippen LogP contribution in [0.15, 0.2) is 90.7 Å². The van der Waals surface area contributed by atoms with Gasteiger partial charge in [-0.25, -0.2) is 14.4 Å². The molecule has 15 amide bonds. The number of carbonyl (C=O) groups is 15. The largest absolute Gasteiger partial charge is 0.534 e. The number of hydrogen-bond donors (Lipinski definition) is 5. The Kier molecular flexibility index (Phi) is 37.0. The minimum Gasteiger partial charge on any atom is -0.444 e. The topological polar surface area (TPSA) is 428 Å². The maximum Gasteiger partial charge on any atom is 0.534 e. The van der Waals surface area contributed by atoms with E-state index in [2.05, 4.69) is 90.5 Å². The zero-order chi connectivity index (χ0) is 105. The Morgan fingerprint density at radius 2 is 0.762 bits per heavy atom. The minimum atomic E-state index is -5.74. The smallest absolute Gasteiger partial charge is 0.444 e. The number of imide groups is 4. The zero-order valence-corrected chi connectivity index (χ0v) is 86.8. The Hall–Kier alpha value is -11.6. The van der Waals surface area contributed by atoms with Gasteiger partial charge in [0.1, 0.15) is 46.7 Å². The van der Waals surface area contributed by atoms with E-state index < -0.39 is 104 Å². The maximum atomic E-state index is 13.0. The van der Waals surface area contributed by atoms with Crippen molar-refractivity contribution < 1.29 is 121 Å². The highest BCUT2D eigenvalue weighted by Gasteiger charge is 2.55. The van der Waals surface area contributed by atoms with Crippen molar-refractivity contribution in [2.75, 3.05) is 52.4 Å². The molecule has 4 aromatic rings. The molecule has 0 bridgehead atoms. The number of carbonyl (C=O) groups excluding carboxylic acids is 15. The number of likely N-dealkylation sites (tertiary alicyclic amines) is 1. The number of fused-ring (bicyclic) bond motifs is 4. The maximum absolute atomic E-state index is 13.0. The molecule has 0 aromatic heterocycles. The number of hydrogen-bond acceptors (Lipinski definition) is 24. The van der Waals surface area contributed by atoms with Gasteiger partial charge >= 0.3 is 41.0 Å². The molecule has 17 rings (SSSR count). The van der Waals surface area contributed by atoms with E-state index in [1.807, 2.05) is 124 Å². The van der Waals surface area contributed by atoms with E-state index in [0.717, 1.165) is 76.4 Å². The van der Waals surface area contributed by atoms with Crippen molar-refractivity contribution in [3.8, 4) is 0 Å². The van der Waals surface area contributed by atoms with Crippen molar-refractivity contribution in [1.82, 2.24) is 60.9 Å². The molecule has 5 N–H and O–H groups in total. The molecular formula is C106H149BClF3N12O23S. The third-order valence-electron chi connectivity index (χ3n) is 28.2. The Morgan fingerprint density at radius 1 is 0.422 bits per heavy atom. The molecule has 35 nitrogen and oxygen atoms in total. The molecule has 0 saturated carbocycles. The number of ether oxygens (including phenoxy) is 3. The lowest BCUT2D eigenvalue weighted by molar-refractivity contribution is -0.138. The Labute approximate surface area is 868 Å². The third kappa shape index (κ3) is 27.2. The third-order valence-corrected chi connectivity index (χ3v) is 29.2. The predicted octanol–water partition coefficient (Wildman–Crippen LogP) is 14.6. The number of amides is 15. The van der Waals surface area contributed by atoms with Crippen LogP contribution in [0, 0.1) is 21.7 Å². The Balaban J connectivity index is 0.000000224. The number of halogens is 4. The summed E-state index contributed by atoms with van der Waals surface area (Å²) in [6.45, 7) is 45.7. The molecule has 0 aliphatic carbocycles. The van der Waals surface area contributed by atoms with Crippen molar-refractivity contribution in [1.29, 1.82) is 0 Å². The van der Waals surface area contributed by atoms with Crippen molar-refractivity contribution in [3.05, 3.63) is 152 Å². The van der Waals surface area contributed by atoms with Gasteiger partial charge in [-0.05, 0) is 244 Å². The molecule has 7 saturated heterocycles. The van der Waals surface area contributed by atoms with Crippen LogP contribution in [0.3, 0.4) is 0 Å². The molecule has 13 heterocycles. The first-order valence-electron chi connectivity index (χ1n) is 48.2. The highest BCUT2D eigenvalue weighted by molar-refractivity contribution is 7.87. The molecule has 13 aliphatic heterocycles. The molecule has 0 spiro atoms. The van der Waals surface area contributed by atoms with Gasteiger partial charge in [0.25, 0.3) is 23.6 Å². The van der Waals surface area contributed by atoms with E-state index in [1.54, 1.807) is 56.2 Å². The number of alkyl halides is 3. The summed E-state index contributed by atoms with van der Waals surface area (Å²) >= 11 is 0. The number of nitrogens with one attached hydrogen (secondary N) is 5. The molecule has 6 atom stereocenters. The van der Waals surface area contributed by atoms with Gasteiger partial charge in [0.05, 0.1) is 11.2 Å². The number of benzene rings is 4. The Bertz CT molecular complexity index is 5960. The van der Waals surface area contributed by atoms with E-state index in [0.29, 0.717) is 106 Å².